The first kappa shape index (κ1) is 15.7. The zero-order valence-electron chi connectivity index (χ0n) is 12.5. The number of benzene rings is 1. The molecule has 1 aliphatic heterocycles. The molecule has 1 aliphatic rings. The third-order valence-electron chi connectivity index (χ3n) is 3.92. The standard InChI is InChI=1S/C16H24ClFN2/c1-11(2)6-15-10-20(12(3)8-19-15)9-13-4-5-14(17)7-16(13)18/h4-5,7,11-12,15,19H,6,8-10H2,1-3H3. The van der Waals surface area contributed by atoms with E-state index in [-0.39, 0.29) is 5.82 Å². The van der Waals surface area contributed by atoms with E-state index in [2.05, 4.69) is 31.0 Å². The Kier molecular flexibility index (Phi) is 5.42. The Bertz CT molecular complexity index is 450. The van der Waals surface area contributed by atoms with Crippen LogP contribution >= 0.6 is 11.6 Å². The predicted molar refractivity (Wildman–Crippen MR) is 82.5 cm³/mol. The Morgan fingerprint density at radius 2 is 2.20 bits per heavy atom. The molecule has 0 saturated carbocycles. The van der Waals surface area contributed by atoms with Crippen LogP contribution < -0.4 is 5.32 Å². The summed E-state index contributed by atoms with van der Waals surface area (Å²) in [5.41, 5.74) is 0.728. The molecule has 0 aromatic heterocycles. The van der Waals surface area contributed by atoms with Crippen molar-refractivity contribution in [1.29, 1.82) is 0 Å². The topological polar surface area (TPSA) is 15.3 Å². The van der Waals surface area contributed by atoms with E-state index in [1.807, 2.05) is 0 Å². The maximum absolute atomic E-state index is 13.9. The second kappa shape index (κ2) is 6.88. The quantitative estimate of drug-likeness (QED) is 0.912. The smallest absolute Gasteiger partial charge is 0.129 e. The Morgan fingerprint density at radius 3 is 2.85 bits per heavy atom. The first-order valence-corrected chi connectivity index (χ1v) is 7.75. The molecule has 1 N–H and O–H groups in total. The van der Waals surface area contributed by atoms with Crippen molar-refractivity contribution < 1.29 is 4.39 Å². The Balaban J connectivity index is 2.02. The molecule has 2 nitrogen and oxygen atoms in total. The fraction of sp³-hybridized carbons (Fsp3) is 0.625. The molecule has 1 fully saturated rings. The second-order valence-electron chi connectivity index (χ2n) is 6.25. The summed E-state index contributed by atoms with van der Waals surface area (Å²) in [7, 11) is 0. The molecule has 2 rings (SSSR count). The molecule has 4 heteroatoms. The highest BCUT2D eigenvalue weighted by atomic mass is 35.5. The molecule has 0 amide bonds. The lowest BCUT2D eigenvalue weighted by Crippen LogP contribution is -2.55. The second-order valence-corrected chi connectivity index (χ2v) is 6.69. The summed E-state index contributed by atoms with van der Waals surface area (Å²) < 4.78 is 13.9. The fourth-order valence-electron chi connectivity index (χ4n) is 2.81. The number of hydrogen-bond donors (Lipinski definition) is 1. The molecule has 0 aliphatic carbocycles. The number of nitrogens with one attached hydrogen (secondary N) is 1. The number of rotatable bonds is 4. The van der Waals surface area contributed by atoms with Gasteiger partial charge in [0.1, 0.15) is 5.82 Å². The highest BCUT2D eigenvalue weighted by Gasteiger charge is 2.25. The summed E-state index contributed by atoms with van der Waals surface area (Å²) in [5.74, 6) is 0.471. The van der Waals surface area contributed by atoms with Gasteiger partial charge in [0.15, 0.2) is 0 Å². The number of piperazine rings is 1. The minimum atomic E-state index is -0.205. The van der Waals surface area contributed by atoms with E-state index in [1.165, 1.54) is 6.07 Å². The van der Waals surface area contributed by atoms with E-state index in [0.29, 0.717) is 29.6 Å². The van der Waals surface area contributed by atoms with Crippen LogP contribution in [0.15, 0.2) is 18.2 Å². The van der Waals surface area contributed by atoms with Crippen molar-refractivity contribution in [2.45, 2.75) is 45.8 Å². The lowest BCUT2D eigenvalue weighted by molar-refractivity contribution is 0.123. The molecular formula is C16H24ClFN2. The average Bonchev–Trinajstić information content (AvgIpc) is 2.36. The van der Waals surface area contributed by atoms with Crippen molar-refractivity contribution in [2.75, 3.05) is 13.1 Å². The minimum Gasteiger partial charge on any atom is -0.311 e. The molecule has 1 aromatic carbocycles. The van der Waals surface area contributed by atoms with Gasteiger partial charge in [-0.2, -0.15) is 0 Å². The largest absolute Gasteiger partial charge is 0.311 e. The van der Waals surface area contributed by atoms with Gasteiger partial charge in [0, 0.05) is 42.3 Å². The van der Waals surface area contributed by atoms with Crippen molar-refractivity contribution in [1.82, 2.24) is 10.2 Å². The van der Waals surface area contributed by atoms with Crippen LogP contribution in [0.1, 0.15) is 32.8 Å². The van der Waals surface area contributed by atoms with E-state index >= 15 is 0 Å². The molecule has 0 radical (unpaired) electrons. The normalized spacial score (nSPS) is 24.3. The maximum Gasteiger partial charge on any atom is 0.129 e. The molecule has 0 spiro atoms. The van der Waals surface area contributed by atoms with Crippen molar-refractivity contribution in [3.05, 3.63) is 34.6 Å². The molecule has 1 saturated heterocycles. The summed E-state index contributed by atoms with van der Waals surface area (Å²) in [6, 6.07) is 5.88. The number of nitrogens with zero attached hydrogens (tertiary/aromatic N) is 1. The number of halogens is 2. The molecule has 1 aromatic rings. The Hall–Kier alpha value is -0.640. The van der Waals surface area contributed by atoms with Gasteiger partial charge in [-0.15, -0.1) is 0 Å². The van der Waals surface area contributed by atoms with E-state index < -0.39 is 0 Å². The van der Waals surface area contributed by atoms with E-state index in [4.69, 9.17) is 11.6 Å². The van der Waals surface area contributed by atoms with Crippen molar-refractivity contribution in [3.63, 3.8) is 0 Å². The minimum absolute atomic E-state index is 0.205. The third-order valence-corrected chi connectivity index (χ3v) is 4.16. The Labute approximate surface area is 126 Å². The van der Waals surface area contributed by atoms with Gasteiger partial charge in [-0.1, -0.05) is 31.5 Å². The van der Waals surface area contributed by atoms with Crippen LogP contribution in [0.3, 0.4) is 0 Å². The molecule has 0 bridgehead atoms. The molecule has 112 valence electrons. The van der Waals surface area contributed by atoms with Crippen molar-refractivity contribution in [2.24, 2.45) is 5.92 Å². The van der Waals surface area contributed by atoms with Crippen LogP contribution in [-0.2, 0) is 6.54 Å². The lowest BCUT2D eigenvalue weighted by atomic mass is 9.99. The van der Waals surface area contributed by atoms with Crippen molar-refractivity contribution >= 4 is 11.6 Å². The van der Waals surface area contributed by atoms with Gasteiger partial charge in [-0.3, -0.25) is 4.90 Å². The van der Waals surface area contributed by atoms with Gasteiger partial charge in [0.25, 0.3) is 0 Å². The van der Waals surface area contributed by atoms with Crippen LogP contribution in [-0.4, -0.2) is 30.1 Å². The van der Waals surface area contributed by atoms with Gasteiger partial charge in [-0.25, -0.2) is 4.39 Å². The molecule has 2 atom stereocenters. The van der Waals surface area contributed by atoms with E-state index in [9.17, 15) is 4.39 Å². The summed E-state index contributed by atoms with van der Waals surface area (Å²) >= 11 is 5.81. The van der Waals surface area contributed by atoms with Gasteiger partial charge in [0.2, 0.25) is 0 Å². The van der Waals surface area contributed by atoms with Crippen LogP contribution in [0.5, 0.6) is 0 Å². The van der Waals surface area contributed by atoms with E-state index in [1.54, 1.807) is 12.1 Å². The monoisotopic (exact) mass is 298 g/mol. The molecule has 2 unspecified atom stereocenters. The lowest BCUT2D eigenvalue weighted by Gasteiger charge is -2.39. The van der Waals surface area contributed by atoms with Gasteiger partial charge in [-0.05, 0) is 31.4 Å². The maximum atomic E-state index is 13.9. The molecular weight excluding hydrogens is 275 g/mol. The highest BCUT2D eigenvalue weighted by molar-refractivity contribution is 6.30. The summed E-state index contributed by atoms with van der Waals surface area (Å²) in [6.07, 6.45) is 1.16. The average molecular weight is 299 g/mol. The van der Waals surface area contributed by atoms with Gasteiger partial charge < -0.3 is 5.32 Å². The van der Waals surface area contributed by atoms with Gasteiger partial charge >= 0.3 is 0 Å². The predicted octanol–water partition coefficient (Wildman–Crippen LogP) is 3.69. The third kappa shape index (κ3) is 4.18. The Morgan fingerprint density at radius 1 is 1.45 bits per heavy atom. The first-order chi connectivity index (χ1) is 9.45. The SMILES string of the molecule is CC(C)CC1CN(Cc2ccc(Cl)cc2F)C(C)CN1. The summed E-state index contributed by atoms with van der Waals surface area (Å²) in [5, 5.41) is 4.04. The summed E-state index contributed by atoms with van der Waals surface area (Å²) in [6.45, 7) is 9.26. The van der Waals surface area contributed by atoms with E-state index in [0.717, 1.165) is 25.1 Å². The zero-order valence-corrected chi connectivity index (χ0v) is 13.3. The van der Waals surface area contributed by atoms with Crippen molar-refractivity contribution in [3.8, 4) is 0 Å². The number of hydrogen-bond acceptors (Lipinski definition) is 2. The molecule has 1 heterocycles. The highest BCUT2D eigenvalue weighted by Crippen LogP contribution is 2.20. The fourth-order valence-corrected chi connectivity index (χ4v) is 2.97. The summed E-state index contributed by atoms with van der Waals surface area (Å²) in [4.78, 5) is 2.36. The van der Waals surface area contributed by atoms with Crippen LogP contribution in [0.2, 0.25) is 5.02 Å². The van der Waals surface area contributed by atoms with Crippen LogP contribution in [0.25, 0.3) is 0 Å². The zero-order chi connectivity index (χ0) is 14.7. The van der Waals surface area contributed by atoms with Gasteiger partial charge in [0.05, 0.1) is 0 Å². The van der Waals surface area contributed by atoms with Crippen LogP contribution in [0, 0.1) is 11.7 Å². The molecule has 20 heavy (non-hydrogen) atoms. The van der Waals surface area contributed by atoms with Crippen LogP contribution in [0.4, 0.5) is 4.39 Å². The first-order valence-electron chi connectivity index (χ1n) is 7.37.